The molecule has 0 bridgehead atoms. The molecule has 7 nitrogen and oxygen atoms in total. The third-order valence-corrected chi connectivity index (χ3v) is 4.69. The Morgan fingerprint density at radius 1 is 1.21 bits per heavy atom. The van der Waals surface area contributed by atoms with Crippen LogP contribution in [0.2, 0.25) is 0 Å². The van der Waals surface area contributed by atoms with Crippen LogP contribution >= 0.6 is 0 Å². The fraction of sp³-hybridized carbons (Fsp3) is 0.182. The van der Waals surface area contributed by atoms with Crippen molar-refractivity contribution >= 4 is 23.3 Å². The molecule has 1 N–H and O–H groups in total. The van der Waals surface area contributed by atoms with Crippen LogP contribution in [0.1, 0.15) is 19.0 Å². The van der Waals surface area contributed by atoms with Gasteiger partial charge in [0.1, 0.15) is 23.7 Å². The summed E-state index contributed by atoms with van der Waals surface area (Å²) < 4.78 is 5.84. The number of nitrogens with zero attached hydrogens (tertiary/aromatic N) is 3. The first-order chi connectivity index (χ1) is 14.0. The first-order valence-electron chi connectivity index (χ1n) is 9.25. The molecular formula is C22H20N4O3. The average Bonchev–Trinajstić information content (AvgIpc) is 2.74. The lowest BCUT2D eigenvalue weighted by atomic mass is 9.94. The van der Waals surface area contributed by atoms with Crippen molar-refractivity contribution in [2.45, 2.75) is 25.5 Å². The Bertz CT molecular complexity index is 1030. The molecule has 7 heteroatoms. The largest absolute Gasteiger partial charge is 0.485 e. The molecule has 2 aliphatic rings. The van der Waals surface area contributed by atoms with Gasteiger partial charge in [-0.3, -0.25) is 24.5 Å². The van der Waals surface area contributed by atoms with Crippen molar-refractivity contribution in [3.05, 3.63) is 78.8 Å². The lowest BCUT2D eigenvalue weighted by Gasteiger charge is -2.34. The maximum Gasteiger partial charge on any atom is 0.252 e. The summed E-state index contributed by atoms with van der Waals surface area (Å²) in [4.78, 5) is 35.7. The molecule has 0 aliphatic carbocycles. The number of amidine groups is 1. The highest BCUT2D eigenvalue weighted by Gasteiger charge is 2.42. The summed E-state index contributed by atoms with van der Waals surface area (Å²) in [6.45, 7) is 1.94. The molecule has 2 aromatic rings. The monoisotopic (exact) mass is 388 g/mol. The van der Waals surface area contributed by atoms with Gasteiger partial charge in [0.15, 0.2) is 0 Å². The van der Waals surface area contributed by atoms with Crippen LogP contribution in [0.5, 0.6) is 5.75 Å². The SMILES string of the molecule is CC1(C(=O)Nc2ccccc2OCc2ccccn2)CC(=O)N2C=CC=CC2=N1. The molecule has 1 atom stereocenters. The number of hydrogen-bond acceptors (Lipinski definition) is 5. The number of anilines is 1. The molecular weight excluding hydrogens is 368 g/mol. The molecule has 0 saturated heterocycles. The predicted molar refractivity (Wildman–Crippen MR) is 109 cm³/mol. The quantitative estimate of drug-likeness (QED) is 0.853. The number of carbonyl (C=O) groups excluding carboxylic acids is 2. The van der Waals surface area contributed by atoms with E-state index in [0.29, 0.717) is 17.3 Å². The van der Waals surface area contributed by atoms with Crippen molar-refractivity contribution < 1.29 is 14.3 Å². The molecule has 0 spiro atoms. The van der Waals surface area contributed by atoms with Crippen LogP contribution in [0.4, 0.5) is 5.69 Å². The van der Waals surface area contributed by atoms with Gasteiger partial charge in [-0.2, -0.15) is 0 Å². The van der Waals surface area contributed by atoms with Crippen molar-refractivity contribution in [3.63, 3.8) is 0 Å². The number of allylic oxidation sites excluding steroid dienone is 2. The Morgan fingerprint density at radius 2 is 2.03 bits per heavy atom. The van der Waals surface area contributed by atoms with E-state index in [0.717, 1.165) is 5.69 Å². The molecule has 1 unspecified atom stereocenters. The smallest absolute Gasteiger partial charge is 0.252 e. The van der Waals surface area contributed by atoms with E-state index in [2.05, 4.69) is 15.3 Å². The maximum atomic E-state index is 13.0. The Morgan fingerprint density at radius 3 is 2.86 bits per heavy atom. The summed E-state index contributed by atoms with van der Waals surface area (Å²) in [5, 5.41) is 2.87. The summed E-state index contributed by atoms with van der Waals surface area (Å²) >= 11 is 0. The predicted octanol–water partition coefficient (Wildman–Crippen LogP) is 3.07. The van der Waals surface area contributed by atoms with E-state index in [9.17, 15) is 9.59 Å². The van der Waals surface area contributed by atoms with Gasteiger partial charge in [0, 0.05) is 12.4 Å². The average molecular weight is 388 g/mol. The van der Waals surface area contributed by atoms with Crippen molar-refractivity contribution in [1.82, 2.24) is 9.88 Å². The lowest BCUT2D eigenvalue weighted by Crippen LogP contribution is -2.50. The van der Waals surface area contributed by atoms with Gasteiger partial charge < -0.3 is 10.1 Å². The fourth-order valence-corrected chi connectivity index (χ4v) is 3.13. The number of aromatic nitrogens is 1. The van der Waals surface area contributed by atoms with Crippen molar-refractivity contribution in [1.29, 1.82) is 0 Å². The van der Waals surface area contributed by atoms with Crippen LogP contribution in [0.25, 0.3) is 0 Å². The summed E-state index contributed by atoms with van der Waals surface area (Å²) in [5.41, 5.74) is 0.0953. The van der Waals surface area contributed by atoms with Gasteiger partial charge in [-0.15, -0.1) is 0 Å². The zero-order chi connectivity index (χ0) is 20.3. The number of ether oxygens (including phenoxy) is 1. The normalized spacial score (nSPS) is 20.1. The van der Waals surface area contributed by atoms with Gasteiger partial charge in [0.05, 0.1) is 17.8 Å². The first kappa shape index (κ1) is 18.6. The molecule has 2 aliphatic heterocycles. The second-order valence-electron chi connectivity index (χ2n) is 6.95. The fourth-order valence-electron chi connectivity index (χ4n) is 3.13. The number of aliphatic imine (C=N–C) groups is 1. The van der Waals surface area contributed by atoms with E-state index in [1.165, 1.54) is 4.90 Å². The van der Waals surface area contributed by atoms with E-state index < -0.39 is 5.54 Å². The molecule has 1 aromatic carbocycles. The summed E-state index contributed by atoms with van der Waals surface area (Å²) in [6, 6.07) is 12.7. The molecule has 146 valence electrons. The zero-order valence-electron chi connectivity index (χ0n) is 15.9. The highest BCUT2D eigenvalue weighted by molar-refractivity contribution is 6.13. The first-order valence-corrected chi connectivity index (χ1v) is 9.25. The number of carbonyl (C=O) groups is 2. The van der Waals surface area contributed by atoms with E-state index >= 15 is 0 Å². The molecule has 2 amide bonds. The molecule has 1 aromatic heterocycles. The van der Waals surface area contributed by atoms with Crippen LogP contribution in [0.15, 0.2) is 78.1 Å². The Labute approximate surface area is 168 Å². The number of amides is 2. The summed E-state index contributed by atoms with van der Waals surface area (Å²) in [5.74, 6) is 0.441. The van der Waals surface area contributed by atoms with Gasteiger partial charge >= 0.3 is 0 Å². The van der Waals surface area contributed by atoms with Crippen molar-refractivity contribution in [2.24, 2.45) is 4.99 Å². The van der Waals surface area contributed by atoms with E-state index in [1.54, 1.807) is 55.7 Å². The number of hydrogen-bond donors (Lipinski definition) is 1. The number of para-hydroxylation sites is 2. The molecule has 0 fully saturated rings. The highest BCUT2D eigenvalue weighted by atomic mass is 16.5. The summed E-state index contributed by atoms with van der Waals surface area (Å²) in [6.07, 6.45) is 8.59. The number of nitrogens with one attached hydrogen (secondary N) is 1. The zero-order valence-corrected chi connectivity index (χ0v) is 15.9. The van der Waals surface area contributed by atoms with Crippen LogP contribution in [-0.4, -0.2) is 33.1 Å². The van der Waals surface area contributed by atoms with Gasteiger partial charge in [-0.1, -0.05) is 24.3 Å². The molecule has 3 heterocycles. The third-order valence-electron chi connectivity index (χ3n) is 4.69. The van der Waals surface area contributed by atoms with E-state index in [-0.39, 0.29) is 24.8 Å². The maximum absolute atomic E-state index is 13.0. The van der Waals surface area contributed by atoms with Crippen molar-refractivity contribution in [2.75, 3.05) is 5.32 Å². The van der Waals surface area contributed by atoms with Gasteiger partial charge in [0.2, 0.25) is 5.91 Å². The number of pyridine rings is 1. The van der Waals surface area contributed by atoms with Crippen LogP contribution in [0, 0.1) is 0 Å². The Hall–Kier alpha value is -3.74. The molecule has 0 saturated carbocycles. The van der Waals surface area contributed by atoms with Crippen LogP contribution < -0.4 is 10.1 Å². The topological polar surface area (TPSA) is 83.9 Å². The second kappa shape index (κ2) is 7.71. The Kier molecular flexibility index (Phi) is 4.95. The van der Waals surface area contributed by atoms with E-state index in [1.807, 2.05) is 24.3 Å². The minimum atomic E-state index is -1.20. The molecule has 0 radical (unpaired) electrons. The van der Waals surface area contributed by atoms with Gasteiger partial charge in [0.25, 0.3) is 5.91 Å². The van der Waals surface area contributed by atoms with Crippen molar-refractivity contribution in [3.8, 4) is 5.75 Å². The standard InChI is InChI=1S/C22H20N4O3/c1-22(14-20(27)26-13-7-5-11-19(26)25-22)21(28)24-17-9-2-3-10-18(17)29-15-16-8-4-6-12-23-16/h2-13H,14-15H2,1H3,(H,24,28). The number of rotatable bonds is 5. The van der Waals surface area contributed by atoms with Gasteiger partial charge in [-0.05, 0) is 43.3 Å². The van der Waals surface area contributed by atoms with Gasteiger partial charge in [-0.25, -0.2) is 0 Å². The van der Waals surface area contributed by atoms with Crippen LogP contribution in [0.3, 0.4) is 0 Å². The molecule has 29 heavy (non-hydrogen) atoms. The number of benzene rings is 1. The summed E-state index contributed by atoms with van der Waals surface area (Å²) in [7, 11) is 0. The third kappa shape index (κ3) is 3.94. The van der Waals surface area contributed by atoms with Crippen LogP contribution in [-0.2, 0) is 16.2 Å². The van der Waals surface area contributed by atoms with E-state index in [4.69, 9.17) is 4.74 Å². The number of fused-ring (bicyclic) bond motifs is 1. The minimum absolute atomic E-state index is 0.0164. The Balaban J connectivity index is 1.52. The lowest BCUT2D eigenvalue weighted by molar-refractivity contribution is -0.132. The minimum Gasteiger partial charge on any atom is -0.485 e. The highest BCUT2D eigenvalue weighted by Crippen LogP contribution is 2.30. The second-order valence-corrected chi connectivity index (χ2v) is 6.95. The molecule has 4 rings (SSSR count).